The van der Waals surface area contributed by atoms with Crippen molar-refractivity contribution >= 4 is 15.9 Å². The maximum atomic E-state index is 5.82. The van der Waals surface area contributed by atoms with Gasteiger partial charge in [0.1, 0.15) is 18.1 Å². The maximum absolute atomic E-state index is 5.82. The van der Waals surface area contributed by atoms with E-state index in [2.05, 4.69) is 27.3 Å². The summed E-state index contributed by atoms with van der Waals surface area (Å²) in [5.74, 6) is 1.79. The molecule has 0 heterocycles. The summed E-state index contributed by atoms with van der Waals surface area (Å²) in [4.78, 5) is 0. The number of hydrogen-bond donors (Lipinski definition) is 1. The van der Waals surface area contributed by atoms with Gasteiger partial charge in [-0.15, -0.1) is 0 Å². The van der Waals surface area contributed by atoms with Gasteiger partial charge >= 0.3 is 0 Å². The van der Waals surface area contributed by atoms with E-state index in [0.717, 1.165) is 28.0 Å². The minimum atomic E-state index is 0.216. The molecule has 0 fully saturated rings. The van der Waals surface area contributed by atoms with Crippen LogP contribution >= 0.6 is 15.9 Å². The molecule has 1 atom stereocenters. The largest absolute Gasteiger partial charge is 0.496 e. The van der Waals surface area contributed by atoms with Crippen LogP contribution in [-0.2, 0) is 6.42 Å². The summed E-state index contributed by atoms with van der Waals surface area (Å²) in [6.07, 6.45) is 0.839. The Labute approximate surface area is 134 Å². The molecule has 0 radical (unpaired) electrons. The van der Waals surface area contributed by atoms with E-state index < -0.39 is 0 Å². The molecule has 0 bridgehead atoms. The van der Waals surface area contributed by atoms with Gasteiger partial charge in [-0.3, -0.25) is 0 Å². The van der Waals surface area contributed by atoms with Crippen LogP contribution in [-0.4, -0.2) is 26.8 Å². The average molecular weight is 350 g/mol. The third-order valence-electron chi connectivity index (χ3n) is 3.31. The van der Waals surface area contributed by atoms with Gasteiger partial charge in [-0.2, -0.15) is 0 Å². The highest BCUT2D eigenvalue weighted by Gasteiger charge is 2.12. The van der Waals surface area contributed by atoms with Crippen molar-refractivity contribution in [2.45, 2.75) is 12.5 Å². The second-order valence-electron chi connectivity index (χ2n) is 4.77. The van der Waals surface area contributed by atoms with Gasteiger partial charge in [0.25, 0.3) is 0 Å². The molecule has 2 aromatic carbocycles. The Morgan fingerprint density at radius 2 is 1.90 bits per heavy atom. The molecule has 0 spiro atoms. The molecule has 0 saturated heterocycles. The summed E-state index contributed by atoms with van der Waals surface area (Å²) < 4.78 is 12.3. The Bertz CT molecular complexity index is 560. The van der Waals surface area contributed by atoms with Crippen molar-refractivity contribution < 1.29 is 9.47 Å². The monoisotopic (exact) mass is 349 g/mol. The van der Waals surface area contributed by atoms with E-state index in [1.54, 1.807) is 7.11 Å². The summed E-state index contributed by atoms with van der Waals surface area (Å²) in [6.45, 7) is 0.607. The Morgan fingerprint density at radius 1 is 1.14 bits per heavy atom. The summed E-state index contributed by atoms with van der Waals surface area (Å²) in [7, 11) is 3.64. The van der Waals surface area contributed by atoms with Gasteiger partial charge in [0.2, 0.25) is 0 Å². The van der Waals surface area contributed by atoms with Crippen molar-refractivity contribution in [1.29, 1.82) is 0 Å². The Morgan fingerprint density at radius 3 is 2.57 bits per heavy atom. The van der Waals surface area contributed by atoms with Crippen LogP contribution in [0.4, 0.5) is 0 Å². The van der Waals surface area contributed by atoms with E-state index in [9.17, 15) is 0 Å². The van der Waals surface area contributed by atoms with Crippen LogP contribution in [0.15, 0.2) is 53.0 Å². The summed E-state index contributed by atoms with van der Waals surface area (Å²) in [6, 6.07) is 16.1. The Balaban J connectivity index is 2.00. The smallest absolute Gasteiger partial charge is 0.122 e. The summed E-state index contributed by atoms with van der Waals surface area (Å²) in [5.41, 5.74) is 1.16. The molecule has 21 heavy (non-hydrogen) atoms. The van der Waals surface area contributed by atoms with Crippen molar-refractivity contribution in [3.05, 3.63) is 58.6 Å². The molecular formula is C17H20BrNO2. The SMILES string of the molecule is CNC(COc1ccccc1)Cc1cc(Br)ccc1OC. The number of rotatable bonds is 7. The molecule has 2 aromatic rings. The van der Waals surface area contributed by atoms with Crippen molar-refractivity contribution in [3.8, 4) is 11.5 Å². The molecular weight excluding hydrogens is 330 g/mol. The Kier molecular flexibility index (Phi) is 6.08. The molecule has 112 valence electrons. The first kappa shape index (κ1) is 15.9. The number of nitrogens with one attached hydrogen (secondary N) is 1. The molecule has 1 unspecified atom stereocenters. The highest BCUT2D eigenvalue weighted by Crippen LogP contribution is 2.24. The number of likely N-dealkylation sites (N-methyl/N-ethyl adjacent to an activating group) is 1. The number of halogens is 1. The van der Waals surface area contributed by atoms with Gasteiger partial charge < -0.3 is 14.8 Å². The van der Waals surface area contributed by atoms with Gasteiger partial charge in [0, 0.05) is 10.5 Å². The van der Waals surface area contributed by atoms with Crippen LogP contribution in [0.5, 0.6) is 11.5 Å². The topological polar surface area (TPSA) is 30.5 Å². The molecule has 0 aliphatic carbocycles. The van der Waals surface area contributed by atoms with E-state index in [4.69, 9.17) is 9.47 Å². The molecule has 0 saturated carbocycles. The Hall–Kier alpha value is -1.52. The van der Waals surface area contributed by atoms with Crippen LogP contribution in [0.1, 0.15) is 5.56 Å². The van der Waals surface area contributed by atoms with Gasteiger partial charge in [-0.05, 0) is 49.4 Å². The van der Waals surface area contributed by atoms with E-state index in [1.165, 1.54) is 0 Å². The fraction of sp³-hybridized carbons (Fsp3) is 0.294. The summed E-state index contributed by atoms with van der Waals surface area (Å²) >= 11 is 3.51. The molecule has 2 rings (SSSR count). The lowest BCUT2D eigenvalue weighted by Crippen LogP contribution is -2.33. The quantitative estimate of drug-likeness (QED) is 0.827. The first-order valence-corrected chi connectivity index (χ1v) is 7.69. The molecule has 0 amide bonds. The van der Waals surface area contributed by atoms with E-state index in [0.29, 0.717) is 6.61 Å². The van der Waals surface area contributed by atoms with Crippen LogP contribution in [0.2, 0.25) is 0 Å². The maximum Gasteiger partial charge on any atom is 0.122 e. The van der Waals surface area contributed by atoms with Crippen molar-refractivity contribution in [3.63, 3.8) is 0 Å². The van der Waals surface area contributed by atoms with Gasteiger partial charge in [-0.25, -0.2) is 0 Å². The van der Waals surface area contributed by atoms with Gasteiger partial charge in [0.05, 0.1) is 7.11 Å². The lowest BCUT2D eigenvalue weighted by atomic mass is 10.1. The number of benzene rings is 2. The average Bonchev–Trinajstić information content (AvgIpc) is 2.52. The third kappa shape index (κ3) is 4.76. The van der Waals surface area contributed by atoms with Gasteiger partial charge in [0.15, 0.2) is 0 Å². The van der Waals surface area contributed by atoms with E-state index >= 15 is 0 Å². The minimum Gasteiger partial charge on any atom is -0.496 e. The van der Waals surface area contributed by atoms with Gasteiger partial charge in [-0.1, -0.05) is 34.1 Å². The van der Waals surface area contributed by atoms with E-state index in [-0.39, 0.29) is 6.04 Å². The lowest BCUT2D eigenvalue weighted by Gasteiger charge is -2.19. The zero-order valence-electron chi connectivity index (χ0n) is 12.3. The normalized spacial score (nSPS) is 12.0. The minimum absolute atomic E-state index is 0.216. The van der Waals surface area contributed by atoms with Crippen LogP contribution in [0.25, 0.3) is 0 Å². The first-order valence-electron chi connectivity index (χ1n) is 6.90. The summed E-state index contributed by atoms with van der Waals surface area (Å²) in [5, 5.41) is 3.30. The third-order valence-corrected chi connectivity index (χ3v) is 3.80. The number of hydrogen-bond acceptors (Lipinski definition) is 3. The van der Waals surface area contributed by atoms with Crippen LogP contribution < -0.4 is 14.8 Å². The van der Waals surface area contributed by atoms with Crippen molar-refractivity contribution in [1.82, 2.24) is 5.32 Å². The fourth-order valence-electron chi connectivity index (χ4n) is 2.13. The highest BCUT2D eigenvalue weighted by atomic mass is 79.9. The predicted octanol–water partition coefficient (Wildman–Crippen LogP) is 3.67. The predicted molar refractivity (Wildman–Crippen MR) is 89.2 cm³/mol. The van der Waals surface area contributed by atoms with Crippen molar-refractivity contribution in [2.75, 3.05) is 20.8 Å². The molecule has 4 heteroatoms. The van der Waals surface area contributed by atoms with Crippen LogP contribution in [0, 0.1) is 0 Å². The lowest BCUT2D eigenvalue weighted by molar-refractivity contribution is 0.268. The fourth-order valence-corrected chi connectivity index (χ4v) is 2.54. The standard InChI is InChI=1S/C17H20BrNO2/c1-19-15(12-21-16-6-4-3-5-7-16)11-13-10-14(18)8-9-17(13)20-2/h3-10,15,19H,11-12H2,1-2H3. The molecule has 0 aromatic heterocycles. The zero-order chi connectivity index (χ0) is 15.1. The second-order valence-corrected chi connectivity index (χ2v) is 5.69. The van der Waals surface area contributed by atoms with Crippen LogP contribution in [0.3, 0.4) is 0 Å². The molecule has 3 nitrogen and oxygen atoms in total. The number of para-hydroxylation sites is 1. The van der Waals surface area contributed by atoms with Crippen molar-refractivity contribution in [2.24, 2.45) is 0 Å². The van der Waals surface area contributed by atoms with E-state index in [1.807, 2.05) is 49.5 Å². The molecule has 0 aliphatic heterocycles. The second kappa shape index (κ2) is 8.05. The number of methoxy groups -OCH3 is 1. The molecule has 0 aliphatic rings. The number of ether oxygens (including phenoxy) is 2. The highest BCUT2D eigenvalue weighted by molar-refractivity contribution is 9.10. The molecule has 1 N–H and O–H groups in total. The zero-order valence-corrected chi connectivity index (χ0v) is 13.9. The first-order chi connectivity index (χ1) is 10.2.